The molecule has 1 unspecified atom stereocenters. The van der Waals surface area contributed by atoms with E-state index in [1.807, 2.05) is 44.8 Å². The van der Waals surface area contributed by atoms with Gasteiger partial charge >= 0.3 is 5.97 Å². The second-order valence-corrected chi connectivity index (χ2v) is 8.33. The van der Waals surface area contributed by atoms with E-state index in [0.29, 0.717) is 30.8 Å². The lowest BCUT2D eigenvalue weighted by atomic mass is 9.97. The summed E-state index contributed by atoms with van der Waals surface area (Å²) in [4.78, 5) is 25.1. The van der Waals surface area contributed by atoms with Gasteiger partial charge in [-0.05, 0) is 45.7 Å². The minimum absolute atomic E-state index is 0.227. The number of ether oxygens (including phenoxy) is 2. The van der Waals surface area contributed by atoms with E-state index in [1.54, 1.807) is 19.2 Å². The fourth-order valence-corrected chi connectivity index (χ4v) is 2.78. The molecule has 0 aliphatic carbocycles. The van der Waals surface area contributed by atoms with Gasteiger partial charge in [-0.3, -0.25) is 15.0 Å². The van der Waals surface area contributed by atoms with Crippen LogP contribution in [0, 0.1) is 5.41 Å². The summed E-state index contributed by atoms with van der Waals surface area (Å²) >= 11 is 0. The van der Waals surface area contributed by atoms with Crippen molar-refractivity contribution in [2.75, 3.05) is 20.2 Å². The van der Waals surface area contributed by atoms with Crippen molar-refractivity contribution in [3.63, 3.8) is 0 Å². The molecule has 1 aromatic rings. The van der Waals surface area contributed by atoms with Crippen LogP contribution in [0.15, 0.2) is 24.3 Å². The van der Waals surface area contributed by atoms with Gasteiger partial charge in [-0.1, -0.05) is 45.2 Å². The molecule has 1 aromatic carbocycles. The van der Waals surface area contributed by atoms with E-state index in [4.69, 9.17) is 9.47 Å². The van der Waals surface area contributed by atoms with Crippen LogP contribution in [0.1, 0.15) is 77.1 Å². The Morgan fingerprint density at radius 3 is 2.38 bits per heavy atom. The Balaban J connectivity index is 2.85. The number of methoxy groups -OCH3 is 1. The first kappa shape index (κ1) is 25.0. The van der Waals surface area contributed by atoms with Crippen LogP contribution in [0.5, 0.6) is 5.75 Å². The van der Waals surface area contributed by atoms with Crippen LogP contribution in [0.2, 0.25) is 0 Å². The number of hydrogen-bond donors (Lipinski definition) is 1. The normalized spacial score (nSPS) is 12.5. The van der Waals surface area contributed by atoms with Gasteiger partial charge in [-0.15, -0.1) is 0 Å². The molecular weight excluding hydrogens is 368 g/mol. The summed E-state index contributed by atoms with van der Waals surface area (Å²) in [6.07, 6.45) is 4.75. The number of benzene rings is 1. The van der Waals surface area contributed by atoms with E-state index in [0.717, 1.165) is 25.7 Å². The van der Waals surface area contributed by atoms with Crippen molar-refractivity contribution < 1.29 is 19.1 Å². The van der Waals surface area contributed by atoms with E-state index in [9.17, 15) is 9.59 Å². The van der Waals surface area contributed by atoms with E-state index in [2.05, 4.69) is 12.3 Å². The van der Waals surface area contributed by atoms with Crippen LogP contribution in [-0.2, 0) is 9.53 Å². The summed E-state index contributed by atoms with van der Waals surface area (Å²) in [6, 6.07) is 7.14. The second kappa shape index (κ2) is 12.5. The highest BCUT2D eigenvalue weighted by molar-refractivity contribution is 5.96. The lowest BCUT2D eigenvalue weighted by Gasteiger charge is -2.29. The summed E-state index contributed by atoms with van der Waals surface area (Å²) in [5, 5.41) is 1.87. The van der Waals surface area contributed by atoms with Crippen molar-refractivity contribution in [2.24, 2.45) is 5.41 Å². The number of hydrazine groups is 1. The van der Waals surface area contributed by atoms with Gasteiger partial charge in [0.05, 0.1) is 24.6 Å². The molecule has 0 saturated heterocycles. The molecule has 0 aromatic heterocycles. The number of esters is 1. The minimum atomic E-state index is -0.556. The van der Waals surface area contributed by atoms with Crippen LogP contribution in [0.3, 0.4) is 0 Å². The fraction of sp³-hybridized carbons (Fsp3) is 0.652. The molecule has 0 aliphatic heterocycles. The van der Waals surface area contributed by atoms with Gasteiger partial charge in [0, 0.05) is 6.54 Å². The molecule has 1 atom stereocenters. The maximum atomic E-state index is 12.8. The Kier molecular flexibility index (Phi) is 10.7. The third-order valence-corrected chi connectivity index (χ3v) is 4.66. The number of para-hydroxylation sites is 1. The predicted octanol–water partition coefficient (Wildman–Crippen LogP) is 4.59. The Hall–Kier alpha value is -2.08. The molecule has 29 heavy (non-hydrogen) atoms. The van der Waals surface area contributed by atoms with Crippen molar-refractivity contribution in [3.8, 4) is 5.75 Å². The van der Waals surface area contributed by atoms with Gasteiger partial charge < -0.3 is 9.47 Å². The number of nitrogens with one attached hydrogen (secondary N) is 1. The fourth-order valence-electron chi connectivity index (χ4n) is 2.78. The Morgan fingerprint density at radius 2 is 1.79 bits per heavy atom. The standard InChI is InChI=1S/C23H38N2O4/c1-7-9-10-13-16-25(17-18(8-2)29-22(27)23(3,4)5)24-21(26)19-14-11-12-15-20(19)28-6/h11-12,14-15,18H,7-10,13,16-17H2,1-6H3,(H,24,26). The SMILES string of the molecule is CCCCCCN(CC(CC)OC(=O)C(C)(C)C)NC(=O)c1ccccc1OC. The zero-order valence-corrected chi connectivity index (χ0v) is 18.9. The molecule has 0 spiro atoms. The van der Waals surface area contributed by atoms with E-state index in [1.165, 1.54) is 0 Å². The number of hydrogen-bond acceptors (Lipinski definition) is 5. The first-order chi connectivity index (χ1) is 13.7. The van der Waals surface area contributed by atoms with E-state index >= 15 is 0 Å². The largest absolute Gasteiger partial charge is 0.496 e. The summed E-state index contributed by atoms with van der Waals surface area (Å²) in [7, 11) is 1.55. The molecule has 0 saturated carbocycles. The molecule has 0 bridgehead atoms. The summed E-state index contributed by atoms with van der Waals surface area (Å²) in [6.45, 7) is 10.8. The van der Waals surface area contributed by atoms with Crippen LogP contribution in [0.25, 0.3) is 0 Å². The molecule has 1 amide bonds. The van der Waals surface area contributed by atoms with Crippen LogP contribution < -0.4 is 10.2 Å². The minimum Gasteiger partial charge on any atom is -0.496 e. The average Bonchev–Trinajstić information content (AvgIpc) is 2.69. The smallest absolute Gasteiger partial charge is 0.311 e. The number of unbranched alkanes of at least 4 members (excludes halogenated alkanes) is 3. The molecule has 0 fully saturated rings. The first-order valence-corrected chi connectivity index (χ1v) is 10.6. The zero-order valence-electron chi connectivity index (χ0n) is 18.9. The quantitative estimate of drug-likeness (QED) is 0.312. The number of carbonyl (C=O) groups excluding carboxylic acids is 2. The Morgan fingerprint density at radius 1 is 1.10 bits per heavy atom. The number of rotatable bonds is 12. The summed E-state index contributed by atoms with van der Waals surface area (Å²) in [5.41, 5.74) is 2.91. The van der Waals surface area contributed by atoms with Crippen molar-refractivity contribution in [1.29, 1.82) is 0 Å². The van der Waals surface area contributed by atoms with Gasteiger partial charge in [0.25, 0.3) is 5.91 Å². The maximum Gasteiger partial charge on any atom is 0.311 e. The van der Waals surface area contributed by atoms with Gasteiger partial charge in [0.15, 0.2) is 0 Å². The Bertz CT molecular complexity index is 640. The van der Waals surface area contributed by atoms with E-state index < -0.39 is 5.41 Å². The average molecular weight is 407 g/mol. The van der Waals surface area contributed by atoms with Crippen LogP contribution in [-0.4, -0.2) is 43.2 Å². The van der Waals surface area contributed by atoms with Crippen molar-refractivity contribution in [2.45, 2.75) is 72.8 Å². The molecule has 1 rings (SSSR count). The molecule has 164 valence electrons. The lowest BCUT2D eigenvalue weighted by Crippen LogP contribution is -2.47. The first-order valence-electron chi connectivity index (χ1n) is 10.6. The predicted molar refractivity (Wildman–Crippen MR) is 116 cm³/mol. The zero-order chi connectivity index (χ0) is 21.9. The molecule has 1 N–H and O–H groups in total. The topological polar surface area (TPSA) is 67.9 Å². The van der Waals surface area contributed by atoms with Gasteiger partial charge in [-0.2, -0.15) is 0 Å². The molecule has 0 heterocycles. The van der Waals surface area contributed by atoms with E-state index in [-0.39, 0.29) is 18.0 Å². The lowest BCUT2D eigenvalue weighted by molar-refractivity contribution is -0.160. The molecule has 6 heteroatoms. The van der Waals surface area contributed by atoms with Crippen molar-refractivity contribution >= 4 is 11.9 Å². The number of carbonyl (C=O) groups is 2. The third-order valence-electron chi connectivity index (χ3n) is 4.66. The molecular formula is C23H38N2O4. The van der Waals surface area contributed by atoms with Crippen molar-refractivity contribution in [1.82, 2.24) is 10.4 Å². The highest BCUT2D eigenvalue weighted by Gasteiger charge is 2.27. The maximum absolute atomic E-state index is 12.8. The van der Waals surface area contributed by atoms with Crippen LogP contribution in [0.4, 0.5) is 0 Å². The van der Waals surface area contributed by atoms with Gasteiger partial charge in [0.2, 0.25) is 0 Å². The van der Waals surface area contributed by atoms with Gasteiger partial charge in [-0.25, -0.2) is 5.01 Å². The third kappa shape index (κ3) is 8.86. The summed E-state index contributed by atoms with van der Waals surface area (Å²) < 4.78 is 11.0. The van der Waals surface area contributed by atoms with Crippen molar-refractivity contribution in [3.05, 3.63) is 29.8 Å². The monoisotopic (exact) mass is 406 g/mol. The number of nitrogens with zero attached hydrogens (tertiary/aromatic N) is 1. The Labute approximate surface area is 175 Å². The highest BCUT2D eigenvalue weighted by atomic mass is 16.5. The summed E-state index contributed by atoms with van der Waals surface area (Å²) in [5.74, 6) is 0.0726. The highest BCUT2D eigenvalue weighted by Crippen LogP contribution is 2.19. The number of amides is 1. The molecule has 0 aliphatic rings. The molecule has 6 nitrogen and oxygen atoms in total. The van der Waals surface area contributed by atoms with Gasteiger partial charge in [0.1, 0.15) is 11.9 Å². The molecule has 0 radical (unpaired) electrons. The van der Waals surface area contributed by atoms with Crippen LogP contribution >= 0.6 is 0 Å². The second-order valence-electron chi connectivity index (χ2n) is 8.33.